The van der Waals surface area contributed by atoms with Crippen molar-refractivity contribution in [3.8, 4) is 17.2 Å². The second kappa shape index (κ2) is 9.95. The average Bonchev–Trinajstić information content (AvgIpc) is 3.18. The molecular weight excluding hydrogens is 476 g/mol. The van der Waals surface area contributed by atoms with Crippen LogP contribution in [0, 0.1) is 0 Å². The number of benzene rings is 3. The molecule has 0 spiro atoms. The van der Waals surface area contributed by atoms with E-state index in [2.05, 4.69) is 5.32 Å². The first-order valence-electron chi connectivity index (χ1n) is 10.7. The highest BCUT2D eigenvalue weighted by atomic mass is 35.5. The predicted octanol–water partition coefficient (Wildman–Crippen LogP) is 4.99. The number of ether oxygens (including phenoxy) is 2. The van der Waals surface area contributed by atoms with Gasteiger partial charge < -0.3 is 19.7 Å². The fourth-order valence-electron chi connectivity index (χ4n) is 3.95. The number of amides is 2. The molecule has 2 amide bonds. The maximum Gasteiger partial charge on any atom is 0.318 e. The summed E-state index contributed by atoms with van der Waals surface area (Å²) in [5, 5.41) is 2.47. The first kappa shape index (κ1) is 23.9. The van der Waals surface area contributed by atoms with E-state index in [1.807, 2.05) is 36.4 Å². The number of nitrogens with zero attached hydrogens (tertiary/aromatic N) is 1. The quantitative estimate of drug-likeness (QED) is 0.471. The molecule has 1 aliphatic heterocycles. The summed E-state index contributed by atoms with van der Waals surface area (Å²) in [7, 11) is -1.90. The monoisotopic (exact) mass is 500 g/mol. The molecule has 0 aromatic heterocycles. The van der Waals surface area contributed by atoms with Crippen LogP contribution < -0.4 is 14.8 Å². The van der Waals surface area contributed by atoms with Crippen LogP contribution in [0.25, 0.3) is 0 Å². The third-order valence-corrected chi connectivity index (χ3v) is 7.45. The Kier molecular flexibility index (Phi) is 7.00. The molecule has 0 aliphatic carbocycles. The molecule has 2 unspecified atom stereocenters. The van der Waals surface area contributed by atoms with Gasteiger partial charge in [0.2, 0.25) is 0 Å². The lowest BCUT2D eigenvalue weighted by molar-refractivity contribution is 0.204. The van der Waals surface area contributed by atoms with Crippen molar-refractivity contribution >= 4 is 27.5 Å². The minimum atomic E-state index is -3.50. The molecule has 3 aromatic rings. The lowest BCUT2D eigenvalue weighted by Gasteiger charge is -2.28. The Morgan fingerprint density at radius 1 is 1.03 bits per heavy atom. The van der Waals surface area contributed by atoms with Crippen molar-refractivity contribution in [2.24, 2.45) is 0 Å². The van der Waals surface area contributed by atoms with Crippen molar-refractivity contribution in [2.45, 2.75) is 11.3 Å². The number of nitrogens with one attached hydrogen (secondary N) is 1. The van der Waals surface area contributed by atoms with Crippen molar-refractivity contribution in [3.63, 3.8) is 0 Å². The topological polar surface area (TPSA) is 84.9 Å². The maximum absolute atomic E-state index is 12.7. The Labute approximate surface area is 204 Å². The van der Waals surface area contributed by atoms with E-state index < -0.39 is 15.1 Å². The molecule has 0 saturated carbocycles. The summed E-state index contributed by atoms with van der Waals surface area (Å²) in [4.78, 5) is 14.3. The van der Waals surface area contributed by atoms with Crippen LogP contribution in [-0.4, -0.2) is 45.8 Å². The molecule has 1 aliphatic rings. The first-order chi connectivity index (χ1) is 16.2. The standard InChI is InChI=1S/C25H25ClN2O5S/c1-32-20-10-12-21(13-11-20)33-22-5-3-4-18(14-22)23-15-27-25(29)28(23)16-24(34(2,30)31)17-6-8-19(26)9-7-17/h3-14,23-24H,15-16H2,1-2H3,(H,27,29). The molecular formula is C25H25ClN2O5S. The van der Waals surface area contributed by atoms with E-state index in [1.54, 1.807) is 48.4 Å². The zero-order valence-corrected chi connectivity index (χ0v) is 20.3. The van der Waals surface area contributed by atoms with Gasteiger partial charge in [0.15, 0.2) is 9.84 Å². The number of rotatable bonds is 8. The highest BCUT2D eigenvalue weighted by Gasteiger charge is 2.36. The molecule has 4 rings (SSSR count). The van der Waals surface area contributed by atoms with Crippen molar-refractivity contribution in [1.29, 1.82) is 0 Å². The van der Waals surface area contributed by atoms with E-state index in [1.165, 1.54) is 6.26 Å². The van der Waals surface area contributed by atoms with Crippen molar-refractivity contribution in [2.75, 3.05) is 26.5 Å². The molecule has 2 atom stereocenters. The molecule has 34 heavy (non-hydrogen) atoms. The number of methoxy groups -OCH3 is 1. The highest BCUT2D eigenvalue weighted by Crippen LogP contribution is 2.33. The number of urea groups is 1. The Bertz CT molecular complexity index is 1260. The van der Waals surface area contributed by atoms with Crippen LogP contribution in [0.15, 0.2) is 72.8 Å². The number of sulfone groups is 1. The summed E-state index contributed by atoms with van der Waals surface area (Å²) in [6.45, 7) is 0.377. The van der Waals surface area contributed by atoms with Crippen molar-refractivity contribution in [1.82, 2.24) is 10.2 Å². The SMILES string of the molecule is COc1ccc(Oc2cccc(C3CNC(=O)N3CC(c3ccc(Cl)cc3)S(C)(=O)=O)c2)cc1. The highest BCUT2D eigenvalue weighted by molar-refractivity contribution is 7.91. The summed E-state index contributed by atoms with van der Waals surface area (Å²) in [5.41, 5.74) is 1.43. The molecule has 0 radical (unpaired) electrons. The lowest BCUT2D eigenvalue weighted by atomic mass is 10.1. The van der Waals surface area contributed by atoms with Gasteiger partial charge in [-0.1, -0.05) is 35.9 Å². The molecule has 1 heterocycles. The van der Waals surface area contributed by atoms with Gasteiger partial charge in [-0.25, -0.2) is 13.2 Å². The molecule has 1 N–H and O–H groups in total. The average molecular weight is 501 g/mol. The summed E-state index contributed by atoms with van der Waals surface area (Å²) >= 11 is 5.97. The van der Waals surface area contributed by atoms with E-state index in [9.17, 15) is 13.2 Å². The minimum Gasteiger partial charge on any atom is -0.497 e. The van der Waals surface area contributed by atoms with E-state index in [0.29, 0.717) is 28.6 Å². The minimum absolute atomic E-state index is 0.0144. The van der Waals surface area contributed by atoms with Crippen LogP contribution in [0.1, 0.15) is 22.4 Å². The first-order valence-corrected chi connectivity index (χ1v) is 13.0. The van der Waals surface area contributed by atoms with Crippen LogP contribution in [0.5, 0.6) is 17.2 Å². The van der Waals surface area contributed by atoms with Gasteiger partial charge in [0.25, 0.3) is 0 Å². The number of hydrogen-bond acceptors (Lipinski definition) is 5. The summed E-state index contributed by atoms with van der Waals surface area (Å²) in [5.74, 6) is 1.99. The van der Waals surface area contributed by atoms with E-state index in [4.69, 9.17) is 21.1 Å². The molecule has 178 valence electrons. The number of halogens is 1. The lowest BCUT2D eigenvalue weighted by Crippen LogP contribution is -2.36. The van der Waals surface area contributed by atoms with Gasteiger partial charge in [-0.3, -0.25) is 0 Å². The van der Waals surface area contributed by atoms with Gasteiger partial charge in [0.1, 0.15) is 22.5 Å². The number of carbonyl (C=O) groups excluding carboxylic acids is 1. The van der Waals surface area contributed by atoms with Crippen LogP contribution in [0.3, 0.4) is 0 Å². The normalized spacial score (nSPS) is 16.7. The smallest absolute Gasteiger partial charge is 0.318 e. The fraction of sp³-hybridized carbons (Fsp3) is 0.240. The van der Waals surface area contributed by atoms with E-state index in [0.717, 1.165) is 11.3 Å². The zero-order valence-electron chi connectivity index (χ0n) is 18.8. The largest absolute Gasteiger partial charge is 0.497 e. The molecule has 7 nitrogen and oxygen atoms in total. The van der Waals surface area contributed by atoms with Crippen molar-refractivity contribution in [3.05, 3.63) is 88.9 Å². The second-order valence-corrected chi connectivity index (χ2v) is 10.7. The van der Waals surface area contributed by atoms with Crippen LogP contribution in [0.2, 0.25) is 5.02 Å². The van der Waals surface area contributed by atoms with Gasteiger partial charge in [-0.15, -0.1) is 0 Å². The van der Waals surface area contributed by atoms with Crippen LogP contribution >= 0.6 is 11.6 Å². The van der Waals surface area contributed by atoms with Gasteiger partial charge in [-0.05, 0) is 59.7 Å². The summed E-state index contributed by atoms with van der Waals surface area (Å²) in [6, 6.07) is 20.7. The van der Waals surface area contributed by atoms with Gasteiger partial charge in [0.05, 0.1) is 13.2 Å². The number of hydrogen-bond donors (Lipinski definition) is 1. The molecule has 0 bridgehead atoms. The summed E-state index contributed by atoms with van der Waals surface area (Å²) in [6.07, 6.45) is 1.18. The predicted molar refractivity (Wildman–Crippen MR) is 131 cm³/mol. The van der Waals surface area contributed by atoms with Crippen LogP contribution in [0.4, 0.5) is 4.79 Å². The molecule has 1 saturated heterocycles. The summed E-state index contributed by atoms with van der Waals surface area (Å²) < 4.78 is 36.4. The fourth-order valence-corrected chi connectivity index (χ4v) is 5.16. The third kappa shape index (κ3) is 5.46. The zero-order chi connectivity index (χ0) is 24.3. The third-order valence-electron chi connectivity index (χ3n) is 5.74. The molecule has 3 aromatic carbocycles. The van der Waals surface area contributed by atoms with E-state index >= 15 is 0 Å². The van der Waals surface area contributed by atoms with Crippen LogP contribution in [-0.2, 0) is 9.84 Å². The Hall–Kier alpha value is -3.23. The maximum atomic E-state index is 12.7. The van der Waals surface area contributed by atoms with Gasteiger partial charge >= 0.3 is 6.03 Å². The van der Waals surface area contributed by atoms with Gasteiger partial charge in [0, 0.05) is 24.4 Å². The number of carbonyl (C=O) groups is 1. The van der Waals surface area contributed by atoms with Gasteiger partial charge in [-0.2, -0.15) is 0 Å². The Balaban J connectivity index is 1.58. The van der Waals surface area contributed by atoms with Crippen molar-refractivity contribution < 1.29 is 22.7 Å². The Morgan fingerprint density at radius 3 is 2.35 bits per heavy atom. The molecule has 1 fully saturated rings. The molecule has 9 heteroatoms. The van der Waals surface area contributed by atoms with E-state index in [-0.39, 0.29) is 18.6 Å². The Morgan fingerprint density at radius 2 is 1.71 bits per heavy atom. The second-order valence-electron chi connectivity index (χ2n) is 8.07.